The first kappa shape index (κ1) is 22.1. The van der Waals surface area contributed by atoms with Gasteiger partial charge in [0.1, 0.15) is 11.5 Å². The Bertz CT molecular complexity index is 945. The Hall–Kier alpha value is -2.61. The molecule has 0 spiro atoms. The van der Waals surface area contributed by atoms with Gasteiger partial charge in [-0.15, -0.1) is 0 Å². The molecule has 1 unspecified atom stereocenters. The molecule has 0 radical (unpaired) electrons. The molecule has 1 amide bonds. The van der Waals surface area contributed by atoms with Crippen LogP contribution in [0.2, 0.25) is 5.02 Å². The summed E-state index contributed by atoms with van der Waals surface area (Å²) >= 11 is 6.01. The van der Waals surface area contributed by atoms with Crippen molar-refractivity contribution in [2.75, 3.05) is 6.61 Å². The molecule has 160 valence electrons. The summed E-state index contributed by atoms with van der Waals surface area (Å²) in [5, 5.41) is 2.82. The predicted octanol–water partition coefficient (Wildman–Crippen LogP) is 4.69. The van der Waals surface area contributed by atoms with Crippen molar-refractivity contribution in [3.8, 4) is 5.75 Å². The van der Waals surface area contributed by atoms with Crippen molar-refractivity contribution < 1.29 is 27.5 Å². The number of benzene rings is 1. The highest BCUT2D eigenvalue weighted by Crippen LogP contribution is 2.31. The lowest BCUT2D eigenvalue weighted by atomic mass is 10.1. The summed E-state index contributed by atoms with van der Waals surface area (Å²) in [5.74, 6) is -0.193. The minimum absolute atomic E-state index is 0.0163. The molecule has 1 aromatic carbocycles. The van der Waals surface area contributed by atoms with Crippen LogP contribution < -0.4 is 10.1 Å². The quantitative estimate of drug-likeness (QED) is 0.646. The van der Waals surface area contributed by atoms with Crippen molar-refractivity contribution in [2.24, 2.45) is 5.92 Å². The highest BCUT2D eigenvalue weighted by Gasteiger charge is 2.30. The van der Waals surface area contributed by atoms with E-state index in [1.807, 2.05) is 0 Å². The van der Waals surface area contributed by atoms with Crippen LogP contribution in [-0.4, -0.2) is 29.5 Å². The smallest absolute Gasteiger partial charge is 0.422 e. The molecule has 30 heavy (non-hydrogen) atoms. The van der Waals surface area contributed by atoms with Gasteiger partial charge in [-0.2, -0.15) is 13.2 Å². The third-order valence-corrected chi connectivity index (χ3v) is 4.96. The Morgan fingerprint density at radius 1 is 1.27 bits per heavy atom. The SMILES string of the molecule is CC(NC(=O)c1ccnc(CC(=O)C2CC2)c1)c1ccc(OCC(F)(F)F)c(Cl)c1. The van der Waals surface area contributed by atoms with E-state index < -0.39 is 18.8 Å². The zero-order valence-corrected chi connectivity index (χ0v) is 16.9. The van der Waals surface area contributed by atoms with E-state index in [0.717, 1.165) is 12.8 Å². The van der Waals surface area contributed by atoms with E-state index in [9.17, 15) is 22.8 Å². The van der Waals surface area contributed by atoms with Crippen molar-refractivity contribution in [2.45, 2.75) is 38.4 Å². The maximum atomic E-state index is 12.6. The number of amides is 1. The number of ketones is 1. The Balaban J connectivity index is 1.62. The van der Waals surface area contributed by atoms with Gasteiger partial charge in [-0.3, -0.25) is 14.6 Å². The van der Waals surface area contributed by atoms with Crippen LogP contribution in [-0.2, 0) is 11.2 Å². The molecule has 0 aliphatic heterocycles. The summed E-state index contributed by atoms with van der Waals surface area (Å²) < 4.78 is 41.5. The number of halogens is 4. The van der Waals surface area contributed by atoms with Gasteiger partial charge in [0.2, 0.25) is 0 Å². The summed E-state index contributed by atoms with van der Waals surface area (Å²) in [6.45, 7) is 0.282. The van der Waals surface area contributed by atoms with Crippen molar-refractivity contribution in [1.82, 2.24) is 10.3 Å². The van der Waals surface area contributed by atoms with Crippen molar-refractivity contribution in [1.29, 1.82) is 0 Å². The van der Waals surface area contributed by atoms with Gasteiger partial charge < -0.3 is 10.1 Å². The Labute approximate surface area is 176 Å². The lowest BCUT2D eigenvalue weighted by Gasteiger charge is -2.17. The zero-order valence-electron chi connectivity index (χ0n) is 16.1. The molecule has 1 N–H and O–H groups in total. The van der Waals surface area contributed by atoms with E-state index >= 15 is 0 Å². The molecule has 1 atom stereocenters. The van der Waals surface area contributed by atoms with Gasteiger partial charge >= 0.3 is 6.18 Å². The molecule has 9 heteroatoms. The number of nitrogens with one attached hydrogen (secondary N) is 1. The molecule has 1 heterocycles. The third kappa shape index (κ3) is 6.19. The number of Topliss-reactive ketones (excluding diaryl/α,β-unsaturated/α-hetero) is 1. The molecule has 1 saturated carbocycles. The average Bonchev–Trinajstić information content (AvgIpc) is 3.51. The van der Waals surface area contributed by atoms with Gasteiger partial charge in [-0.05, 0) is 49.6 Å². The third-order valence-electron chi connectivity index (χ3n) is 4.66. The molecule has 0 saturated heterocycles. The van der Waals surface area contributed by atoms with Crippen molar-refractivity contribution in [3.63, 3.8) is 0 Å². The van der Waals surface area contributed by atoms with E-state index in [4.69, 9.17) is 11.6 Å². The lowest BCUT2D eigenvalue weighted by Crippen LogP contribution is -2.27. The van der Waals surface area contributed by atoms with E-state index in [1.54, 1.807) is 19.1 Å². The van der Waals surface area contributed by atoms with Crippen LogP contribution in [0.15, 0.2) is 36.5 Å². The number of rotatable bonds is 8. The van der Waals surface area contributed by atoms with E-state index in [1.165, 1.54) is 24.4 Å². The van der Waals surface area contributed by atoms with Crippen LogP contribution in [0.4, 0.5) is 13.2 Å². The number of nitrogens with zero attached hydrogens (tertiary/aromatic N) is 1. The first-order valence-corrected chi connectivity index (χ1v) is 9.77. The normalized spacial score (nSPS) is 14.8. The molecule has 1 fully saturated rings. The second kappa shape index (κ2) is 9.04. The van der Waals surface area contributed by atoms with Gasteiger partial charge in [-0.25, -0.2) is 0 Å². The predicted molar refractivity (Wildman–Crippen MR) is 105 cm³/mol. The fourth-order valence-electron chi connectivity index (χ4n) is 2.87. The van der Waals surface area contributed by atoms with Crippen LogP contribution in [0.5, 0.6) is 5.75 Å². The molecule has 1 aliphatic carbocycles. The second-order valence-electron chi connectivity index (χ2n) is 7.24. The molecular formula is C21H20ClF3N2O3. The molecule has 1 aromatic heterocycles. The highest BCUT2D eigenvalue weighted by atomic mass is 35.5. The van der Waals surface area contributed by atoms with Gasteiger partial charge in [0.25, 0.3) is 5.91 Å². The molecule has 1 aliphatic rings. The van der Waals surface area contributed by atoms with Crippen molar-refractivity contribution in [3.05, 3.63) is 58.4 Å². The topological polar surface area (TPSA) is 68.3 Å². The Morgan fingerprint density at radius 2 is 2.00 bits per heavy atom. The van der Waals surface area contributed by atoms with Crippen LogP contribution in [0.25, 0.3) is 0 Å². The van der Waals surface area contributed by atoms with Crippen LogP contribution in [0.3, 0.4) is 0 Å². The second-order valence-corrected chi connectivity index (χ2v) is 7.65. The maximum absolute atomic E-state index is 12.6. The molecule has 3 rings (SSSR count). The van der Waals surface area contributed by atoms with Crippen molar-refractivity contribution >= 4 is 23.3 Å². The highest BCUT2D eigenvalue weighted by molar-refractivity contribution is 6.32. The Morgan fingerprint density at radius 3 is 2.63 bits per heavy atom. The van der Waals surface area contributed by atoms with Gasteiger partial charge in [0.05, 0.1) is 11.1 Å². The molecule has 5 nitrogen and oxygen atoms in total. The fourth-order valence-corrected chi connectivity index (χ4v) is 3.11. The number of hydrogen-bond acceptors (Lipinski definition) is 4. The zero-order chi connectivity index (χ0) is 21.9. The van der Waals surface area contributed by atoms with Gasteiger partial charge in [0.15, 0.2) is 6.61 Å². The van der Waals surface area contributed by atoms with Crippen LogP contribution in [0.1, 0.15) is 47.4 Å². The van der Waals surface area contributed by atoms with Crippen LogP contribution in [0, 0.1) is 5.92 Å². The fraction of sp³-hybridized carbons (Fsp3) is 0.381. The molecule has 2 aromatic rings. The number of pyridine rings is 1. The monoisotopic (exact) mass is 440 g/mol. The molecular weight excluding hydrogens is 421 g/mol. The van der Waals surface area contributed by atoms with Crippen LogP contribution >= 0.6 is 11.6 Å². The Kier molecular flexibility index (Phi) is 6.65. The number of alkyl halides is 3. The standard InChI is InChI=1S/C21H20ClF3N2O3/c1-12(14-4-5-19(17(22)9-14)30-11-21(23,24)25)27-20(29)15-6-7-26-16(8-15)10-18(28)13-2-3-13/h4-9,12-13H,2-3,10-11H2,1H3,(H,27,29). The number of carbonyl (C=O) groups is 2. The summed E-state index contributed by atoms with van der Waals surface area (Å²) in [5.41, 5.74) is 1.51. The number of carbonyl (C=O) groups excluding carboxylic acids is 2. The molecule has 0 bridgehead atoms. The van der Waals surface area contributed by atoms with Gasteiger partial charge in [-0.1, -0.05) is 17.7 Å². The summed E-state index contributed by atoms with van der Waals surface area (Å²) in [7, 11) is 0. The number of ether oxygens (including phenoxy) is 1. The summed E-state index contributed by atoms with van der Waals surface area (Å²) in [6.07, 6.45) is -0.941. The van der Waals surface area contributed by atoms with E-state index in [0.29, 0.717) is 16.8 Å². The minimum Gasteiger partial charge on any atom is -0.483 e. The first-order valence-electron chi connectivity index (χ1n) is 9.40. The number of aromatic nitrogens is 1. The number of hydrogen-bond donors (Lipinski definition) is 1. The van der Waals surface area contributed by atoms with E-state index in [2.05, 4.69) is 15.0 Å². The summed E-state index contributed by atoms with van der Waals surface area (Å²) in [6, 6.07) is 6.99. The summed E-state index contributed by atoms with van der Waals surface area (Å²) in [4.78, 5) is 28.7. The van der Waals surface area contributed by atoms with E-state index in [-0.39, 0.29) is 34.8 Å². The first-order chi connectivity index (χ1) is 14.1. The average molecular weight is 441 g/mol. The lowest BCUT2D eigenvalue weighted by molar-refractivity contribution is -0.153. The minimum atomic E-state index is -4.46. The maximum Gasteiger partial charge on any atom is 0.422 e. The largest absolute Gasteiger partial charge is 0.483 e. The van der Waals surface area contributed by atoms with Gasteiger partial charge in [0, 0.05) is 29.8 Å².